The molecule has 47 heavy (non-hydrogen) atoms. The predicted molar refractivity (Wildman–Crippen MR) is 174 cm³/mol. The second-order valence-corrected chi connectivity index (χ2v) is 12.8. The summed E-state index contributed by atoms with van der Waals surface area (Å²) in [4.78, 5) is 58.8. The van der Waals surface area contributed by atoms with Crippen LogP contribution in [0.25, 0.3) is 0 Å². The van der Waals surface area contributed by atoms with Crippen LogP contribution in [0.1, 0.15) is 88.9 Å². The van der Waals surface area contributed by atoms with Crippen molar-refractivity contribution >= 4 is 35.1 Å². The van der Waals surface area contributed by atoms with Crippen molar-refractivity contribution in [2.24, 2.45) is 11.1 Å². The number of imide groups is 1. The SMILES string of the molecule is CC(C)(C)C(=O)N1CC(c2nc(OCc3ccc(CN)cc3)n(C(=O)c3cccc(C(=O)C(O)c4ccccc4)c3Cl)n2)CCC1=O. The van der Waals surface area contributed by atoms with Gasteiger partial charge in [-0.15, -0.1) is 9.78 Å². The number of carbonyl (C=O) groups is 4. The van der Waals surface area contributed by atoms with E-state index >= 15 is 0 Å². The lowest BCUT2D eigenvalue weighted by Gasteiger charge is -2.33. The molecule has 244 valence electrons. The highest BCUT2D eigenvalue weighted by Crippen LogP contribution is 2.32. The Morgan fingerprint density at radius 2 is 1.66 bits per heavy atom. The molecule has 0 aliphatic carbocycles. The van der Waals surface area contributed by atoms with Gasteiger partial charge in [0, 0.05) is 36.4 Å². The Morgan fingerprint density at radius 1 is 1.00 bits per heavy atom. The minimum atomic E-state index is -1.49. The zero-order chi connectivity index (χ0) is 33.9. The number of amides is 2. The number of piperidine rings is 1. The number of nitrogens with two attached hydrogens (primary N) is 1. The molecule has 1 saturated heterocycles. The van der Waals surface area contributed by atoms with E-state index in [1.165, 1.54) is 23.1 Å². The minimum Gasteiger partial charge on any atom is -0.458 e. The van der Waals surface area contributed by atoms with Crippen LogP contribution in [-0.2, 0) is 22.7 Å². The monoisotopic (exact) mass is 657 g/mol. The first-order valence-corrected chi connectivity index (χ1v) is 15.6. The van der Waals surface area contributed by atoms with Gasteiger partial charge in [-0.05, 0) is 35.2 Å². The lowest BCUT2D eigenvalue weighted by atomic mass is 9.90. The largest absolute Gasteiger partial charge is 0.458 e. The Bertz CT molecular complexity index is 1800. The third kappa shape index (κ3) is 7.32. The number of hydrogen-bond donors (Lipinski definition) is 2. The Kier molecular flexibility index (Phi) is 9.99. The molecular weight excluding hydrogens is 622 g/mol. The van der Waals surface area contributed by atoms with Crippen molar-refractivity contribution in [1.82, 2.24) is 19.7 Å². The van der Waals surface area contributed by atoms with Crippen molar-refractivity contribution in [3.05, 3.63) is 111 Å². The fourth-order valence-corrected chi connectivity index (χ4v) is 5.52. The molecule has 12 heteroatoms. The predicted octanol–water partition coefficient (Wildman–Crippen LogP) is 4.85. The van der Waals surface area contributed by atoms with E-state index in [9.17, 15) is 24.3 Å². The molecule has 0 bridgehead atoms. The van der Waals surface area contributed by atoms with Gasteiger partial charge in [0.2, 0.25) is 11.8 Å². The van der Waals surface area contributed by atoms with E-state index in [4.69, 9.17) is 22.1 Å². The van der Waals surface area contributed by atoms with Crippen LogP contribution in [-0.4, -0.2) is 54.8 Å². The number of Topliss-reactive ketones (excluding diaryl/α,β-unsaturated/α-hetero) is 1. The first kappa shape index (κ1) is 33.6. The number of rotatable bonds is 9. The second kappa shape index (κ2) is 14.0. The standard InChI is InChI=1S/C35H36ClN5O6/c1-35(2,3)33(46)40-19-24(16-17-27(40)42)31-38-34(47-20-22-14-12-21(18-37)13-15-22)41(39-31)32(45)26-11-7-10-25(28(26)36)30(44)29(43)23-8-5-4-6-9-23/h4-15,24,29,43H,16-20,37H2,1-3H3. The maximum atomic E-state index is 14.0. The summed E-state index contributed by atoms with van der Waals surface area (Å²) in [5.74, 6) is -2.23. The first-order valence-electron chi connectivity index (χ1n) is 15.2. The summed E-state index contributed by atoms with van der Waals surface area (Å²) in [5.41, 5.74) is 6.94. The summed E-state index contributed by atoms with van der Waals surface area (Å²) < 4.78 is 6.99. The normalized spacial score (nSPS) is 15.7. The van der Waals surface area contributed by atoms with E-state index < -0.39 is 29.1 Å². The Balaban J connectivity index is 1.48. The van der Waals surface area contributed by atoms with Crippen molar-refractivity contribution in [2.45, 2.75) is 58.8 Å². The molecule has 0 spiro atoms. The molecule has 0 saturated carbocycles. The quantitative estimate of drug-likeness (QED) is 0.240. The average Bonchev–Trinajstić information content (AvgIpc) is 3.51. The van der Waals surface area contributed by atoms with Gasteiger partial charge < -0.3 is 15.6 Å². The highest BCUT2D eigenvalue weighted by atomic mass is 35.5. The van der Waals surface area contributed by atoms with Crippen molar-refractivity contribution in [3.8, 4) is 6.01 Å². The number of likely N-dealkylation sites (tertiary alicyclic amines) is 1. The number of nitrogens with zero attached hydrogens (tertiary/aromatic N) is 4. The van der Waals surface area contributed by atoms with Gasteiger partial charge >= 0.3 is 6.01 Å². The molecule has 5 rings (SSSR count). The molecule has 1 aromatic heterocycles. The maximum absolute atomic E-state index is 14.0. The lowest BCUT2D eigenvalue weighted by molar-refractivity contribution is -0.152. The Hall–Kier alpha value is -4.71. The fourth-order valence-electron chi connectivity index (χ4n) is 5.22. The molecule has 2 heterocycles. The number of aliphatic hydroxyl groups is 1. The van der Waals surface area contributed by atoms with Crippen molar-refractivity contribution < 1.29 is 29.0 Å². The molecule has 2 atom stereocenters. The molecule has 4 aromatic rings. The maximum Gasteiger partial charge on any atom is 0.323 e. The lowest BCUT2D eigenvalue weighted by Crippen LogP contribution is -2.48. The van der Waals surface area contributed by atoms with E-state index in [1.54, 1.807) is 51.1 Å². The van der Waals surface area contributed by atoms with E-state index in [1.807, 2.05) is 24.3 Å². The number of ether oxygens (including phenoxy) is 1. The number of ketones is 1. The molecular formula is C35H36ClN5O6. The topological polar surface area (TPSA) is 158 Å². The molecule has 11 nitrogen and oxygen atoms in total. The average molecular weight is 658 g/mol. The van der Waals surface area contributed by atoms with Gasteiger partial charge in [-0.3, -0.25) is 24.1 Å². The van der Waals surface area contributed by atoms with Gasteiger partial charge in [-0.25, -0.2) is 0 Å². The van der Waals surface area contributed by atoms with Gasteiger partial charge in [-0.1, -0.05) is 93.0 Å². The van der Waals surface area contributed by atoms with E-state index in [-0.39, 0.29) is 59.4 Å². The van der Waals surface area contributed by atoms with Gasteiger partial charge in [0.25, 0.3) is 5.91 Å². The van der Waals surface area contributed by atoms with E-state index in [2.05, 4.69) is 10.1 Å². The van der Waals surface area contributed by atoms with Crippen LogP contribution in [0.4, 0.5) is 0 Å². The number of aromatic nitrogens is 3. The summed E-state index contributed by atoms with van der Waals surface area (Å²) in [7, 11) is 0. The van der Waals surface area contributed by atoms with Crippen molar-refractivity contribution in [3.63, 3.8) is 0 Å². The number of hydrogen-bond acceptors (Lipinski definition) is 9. The molecule has 1 fully saturated rings. The van der Waals surface area contributed by atoms with Crippen LogP contribution in [0.15, 0.2) is 72.8 Å². The Labute approximate surface area is 277 Å². The van der Waals surface area contributed by atoms with Crippen LogP contribution in [0, 0.1) is 5.41 Å². The molecule has 0 radical (unpaired) electrons. The molecule has 1 aliphatic rings. The van der Waals surface area contributed by atoms with Gasteiger partial charge in [0.05, 0.1) is 10.6 Å². The smallest absolute Gasteiger partial charge is 0.323 e. The number of halogens is 1. The van der Waals surface area contributed by atoms with E-state index in [0.717, 1.165) is 15.8 Å². The second-order valence-electron chi connectivity index (χ2n) is 12.4. The summed E-state index contributed by atoms with van der Waals surface area (Å²) >= 11 is 6.66. The van der Waals surface area contributed by atoms with E-state index in [0.29, 0.717) is 18.5 Å². The minimum absolute atomic E-state index is 0.0428. The third-order valence-corrected chi connectivity index (χ3v) is 8.34. The zero-order valence-electron chi connectivity index (χ0n) is 26.4. The number of aliphatic hydroxyl groups excluding tert-OH is 1. The van der Waals surface area contributed by atoms with Crippen LogP contribution in [0.3, 0.4) is 0 Å². The highest BCUT2D eigenvalue weighted by Gasteiger charge is 2.38. The summed E-state index contributed by atoms with van der Waals surface area (Å²) in [6.07, 6.45) is -1.01. The summed E-state index contributed by atoms with van der Waals surface area (Å²) in [5, 5.41) is 15.1. The van der Waals surface area contributed by atoms with Crippen LogP contribution < -0.4 is 10.5 Å². The molecule has 3 N–H and O–H groups in total. The van der Waals surface area contributed by atoms with Gasteiger partial charge in [-0.2, -0.15) is 4.98 Å². The van der Waals surface area contributed by atoms with Crippen LogP contribution in [0.2, 0.25) is 5.02 Å². The molecule has 2 amide bonds. The fraction of sp³-hybridized carbons (Fsp3) is 0.314. The Morgan fingerprint density at radius 3 is 2.32 bits per heavy atom. The number of carbonyl (C=O) groups excluding carboxylic acids is 4. The highest BCUT2D eigenvalue weighted by molar-refractivity contribution is 6.37. The first-order chi connectivity index (χ1) is 22.4. The van der Waals surface area contributed by atoms with Crippen LogP contribution in [0.5, 0.6) is 6.01 Å². The number of benzene rings is 3. The van der Waals surface area contributed by atoms with Crippen molar-refractivity contribution in [2.75, 3.05) is 6.54 Å². The third-order valence-electron chi connectivity index (χ3n) is 7.93. The summed E-state index contributed by atoms with van der Waals surface area (Å²) in [6.45, 7) is 5.71. The zero-order valence-corrected chi connectivity index (χ0v) is 27.1. The molecule has 2 unspecified atom stereocenters. The molecule has 1 aliphatic heterocycles. The van der Waals surface area contributed by atoms with Gasteiger partial charge in [0.1, 0.15) is 12.7 Å². The summed E-state index contributed by atoms with van der Waals surface area (Å²) in [6, 6.07) is 20.1. The van der Waals surface area contributed by atoms with Gasteiger partial charge in [0.15, 0.2) is 11.6 Å². The van der Waals surface area contributed by atoms with Crippen molar-refractivity contribution in [1.29, 1.82) is 0 Å². The molecule has 3 aromatic carbocycles. The van der Waals surface area contributed by atoms with Crippen LogP contribution >= 0.6 is 11.6 Å².